The van der Waals surface area contributed by atoms with Crippen LogP contribution in [0.3, 0.4) is 0 Å². The van der Waals surface area contributed by atoms with Crippen LogP contribution in [0.5, 0.6) is 0 Å². The molecule has 25 heavy (non-hydrogen) atoms. The number of rotatable bonds is 5. The largest absolute Gasteiger partial charge is 0.355 e. The van der Waals surface area contributed by atoms with Crippen molar-refractivity contribution in [3.05, 3.63) is 23.8 Å². The van der Waals surface area contributed by atoms with Gasteiger partial charge in [-0.1, -0.05) is 25.2 Å². The van der Waals surface area contributed by atoms with Crippen molar-refractivity contribution in [2.75, 3.05) is 44.2 Å². The molecule has 0 radical (unpaired) electrons. The van der Waals surface area contributed by atoms with E-state index in [-0.39, 0.29) is 17.3 Å². The van der Waals surface area contributed by atoms with Crippen molar-refractivity contribution in [2.45, 2.75) is 13.8 Å². The molecule has 1 aliphatic heterocycles. The molecule has 5 nitrogen and oxygen atoms in total. The van der Waals surface area contributed by atoms with E-state index in [0.29, 0.717) is 11.2 Å². The molecule has 0 saturated carbocycles. The van der Waals surface area contributed by atoms with Crippen LogP contribution < -0.4 is 10.2 Å². The van der Waals surface area contributed by atoms with Gasteiger partial charge in [-0.15, -0.1) is 0 Å². The highest BCUT2D eigenvalue weighted by molar-refractivity contribution is 7.22. The second kappa shape index (κ2) is 7.61. The molecule has 1 N–H and O–H groups in total. The van der Waals surface area contributed by atoms with Gasteiger partial charge in [0.25, 0.3) is 0 Å². The van der Waals surface area contributed by atoms with Gasteiger partial charge in [-0.3, -0.25) is 9.69 Å². The number of amides is 1. The molecular weight excluding hydrogens is 346 g/mol. The van der Waals surface area contributed by atoms with Crippen molar-refractivity contribution < 1.29 is 13.6 Å². The van der Waals surface area contributed by atoms with Gasteiger partial charge in [0.15, 0.2) is 10.9 Å². The molecular formula is C17H22F2N4OS. The number of nitrogens with one attached hydrogen (secondary N) is 1. The summed E-state index contributed by atoms with van der Waals surface area (Å²) < 4.78 is 27.6. The minimum absolute atomic E-state index is 0.00103. The Morgan fingerprint density at radius 1 is 1.28 bits per heavy atom. The van der Waals surface area contributed by atoms with Crippen molar-refractivity contribution in [3.8, 4) is 0 Å². The van der Waals surface area contributed by atoms with E-state index < -0.39 is 11.6 Å². The van der Waals surface area contributed by atoms with Crippen LogP contribution >= 0.6 is 11.3 Å². The molecule has 8 heteroatoms. The molecule has 1 aromatic carbocycles. The topological polar surface area (TPSA) is 48.5 Å². The highest BCUT2D eigenvalue weighted by Gasteiger charge is 2.21. The third-order valence-electron chi connectivity index (χ3n) is 4.30. The van der Waals surface area contributed by atoms with Crippen molar-refractivity contribution in [2.24, 2.45) is 5.92 Å². The minimum atomic E-state index is -0.614. The molecule has 1 saturated heterocycles. The SMILES string of the molecule is CC(C)C(=O)NCCN1CCN(c2nc3c(F)cc(F)cc3s2)CC1. The van der Waals surface area contributed by atoms with E-state index in [1.807, 2.05) is 13.8 Å². The average molecular weight is 368 g/mol. The fourth-order valence-corrected chi connectivity index (χ4v) is 3.84. The molecule has 3 rings (SSSR count). The number of piperazine rings is 1. The summed E-state index contributed by atoms with van der Waals surface area (Å²) in [5.74, 6) is -1.12. The van der Waals surface area contributed by atoms with Crippen molar-refractivity contribution in [3.63, 3.8) is 0 Å². The second-order valence-corrected chi connectivity index (χ2v) is 7.51. The van der Waals surface area contributed by atoms with E-state index in [4.69, 9.17) is 0 Å². The fraction of sp³-hybridized carbons (Fsp3) is 0.529. The summed E-state index contributed by atoms with van der Waals surface area (Å²) in [6, 6.07) is 2.20. The van der Waals surface area contributed by atoms with Gasteiger partial charge in [0.05, 0.1) is 4.70 Å². The van der Waals surface area contributed by atoms with Crippen LogP contribution in [-0.2, 0) is 4.79 Å². The number of carbonyl (C=O) groups is 1. The van der Waals surface area contributed by atoms with Gasteiger partial charge >= 0.3 is 0 Å². The fourth-order valence-electron chi connectivity index (χ4n) is 2.78. The lowest BCUT2D eigenvalue weighted by Gasteiger charge is -2.34. The monoisotopic (exact) mass is 368 g/mol. The highest BCUT2D eigenvalue weighted by atomic mass is 32.1. The van der Waals surface area contributed by atoms with Gasteiger partial charge < -0.3 is 10.2 Å². The summed E-state index contributed by atoms with van der Waals surface area (Å²) in [6.07, 6.45) is 0. The van der Waals surface area contributed by atoms with Crippen LogP contribution in [0.1, 0.15) is 13.8 Å². The molecule has 1 aromatic heterocycles. The molecule has 0 atom stereocenters. The molecule has 2 aromatic rings. The first-order valence-corrected chi connectivity index (χ1v) is 9.26. The Bertz CT molecular complexity index is 756. The summed E-state index contributed by atoms with van der Waals surface area (Å²) in [7, 11) is 0. The van der Waals surface area contributed by atoms with Gasteiger partial charge in [0.2, 0.25) is 5.91 Å². The summed E-state index contributed by atoms with van der Waals surface area (Å²) >= 11 is 1.32. The Morgan fingerprint density at radius 2 is 2.00 bits per heavy atom. The Balaban J connectivity index is 1.54. The number of halogens is 2. The standard InChI is InChI=1S/C17H22F2N4OS/c1-11(2)16(24)20-3-4-22-5-7-23(8-6-22)17-21-15-13(19)9-12(18)10-14(15)25-17/h9-11H,3-8H2,1-2H3,(H,20,24). The van der Waals surface area contributed by atoms with Crippen LogP contribution in [0, 0.1) is 17.6 Å². The molecule has 0 unspecified atom stereocenters. The number of thiazole rings is 1. The maximum Gasteiger partial charge on any atom is 0.222 e. The van der Waals surface area contributed by atoms with Crippen LogP contribution in [0.15, 0.2) is 12.1 Å². The lowest BCUT2D eigenvalue weighted by atomic mass is 10.2. The highest BCUT2D eigenvalue weighted by Crippen LogP contribution is 2.31. The number of nitrogens with zero attached hydrogens (tertiary/aromatic N) is 3. The van der Waals surface area contributed by atoms with E-state index in [9.17, 15) is 13.6 Å². The Kier molecular flexibility index (Phi) is 5.48. The summed E-state index contributed by atoms with van der Waals surface area (Å²) in [6.45, 7) is 8.47. The van der Waals surface area contributed by atoms with Gasteiger partial charge in [0.1, 0.15) is 11.3 Å². The van der Waals surface area contributed by atoms with Gasteiger partial charge in [-0.05, 0) is 6.07 Å². The van der Waals surface area contributed by atoms with Crippen LogP contribution in [0.25, 0.3) is 10.2 Å². The summed E-state index contributed by atoms with van der Waals surface area (Å²) in [5, 5.41) is 3.65. The predicted molar refractivity (Wildman–Crippen MR) is 96.0 cm³/mol. The normalized spacial score (nSPS) is 16.0. The van der Waals surface area contributed by atoms with Crippen molar-refractivity contribution in [1.82, 2.24) is 15.2 Å². The third kappa shape index (κ3) is 4.24. The lowest BCUT2D eigenvalue weighted by molar-refractivity contribution is -0.124. The first-order valence-electron chi connectivity index (χ1n) is 8.44. The number of aromatic nitrogens is 1. The molecule has 0 aliphatic carbocycles. The van der Waals surface area contributed by atoms with Crippen LogP contribution in [0.2, 0.25) is 0 Å². The molecule has 1 amide bonds. The predicted octanol–water partition coefficient (Wildman–Crippen LogP) is 2.47. The maximum absolute atomic E-state index is 13.8. The van der Waals surface area contributed by atoms with Gasteiger partial charge in [0, 0.05) is 51.3 Å². The number of carbonyl (C=O) groups excluding carboxylic acids is 1. The first-order chi connectivity index (χ1) is 11.9. The van der Waals surface area contributed by atoms with Crippen molar-refractivity contribution >= 4 is 32.6 Å². The third-order valence-corrected chi connectivity index (χ3v) is 5.36. The van der Waals surface area contributed by atoms with E-state index in [2.05, 4.69) is 20.1 Å². The van der Waals surface area contributed by atoms with E-state index in [0.717, 1.165) is 43.9 Å². The number of anilines is 1. The Morgan fingerprint density at radius 3 is 2.68 bits per heavy atom. The second-order valence-electron chi connectivity index (χ2n) is 6.51. The molecule has 1 fully saturated rings. The van der Waals surface area contributed by atoms with Crippen molar-refractivity contribution in [1.29, 1.82) is 0 Å². The van der Waals surface area contributed by atoms with Gasteiger partial charge in [-0.25, -0.2) is 13.8 Å². The zero-order chi connectivity index (χ0) is 18.0. The number of fused-ring (bicyclic) bond motifs is 1. The van der Waals surface area contributed by atoms with Crippen LogP contribution in [-0.4, -0.2) is 55.1 Å². The number of benzene rings is 1. The van der Waals surface area contributed by atoms with E-state index in [1.54, 1.807) is 0 Å². The zero-order valence-corrected chi connectivity index (χ0v) is 15.2. The Labute approximate surface area is 149 Å². The average Bonchev–Trinajstić information content (AvgIpc) is 2.99. The maximum atomic E-state index is 13.8. The quantitative estimate of drug-likeness (QED) is 0.881. The van der Waals surface area contributed by atoms with Crippen LogP contribution in [0.4, 0.5) is 13.9 Å². The summed E-state index contributed by atoms with van der Waals surface area (Å²) in [5.41, 5.74) is 0.236. The smallest absolute Gasteiger partial charge is 0.222 e. The molecule has 0 bridgehead atoms. The zero-order valence-electron chi connectivity index (χ0n) is 14.4. The number of hydrogen-bond donors (Lipinski definition) is 1. The minimum Gasteiger partial charge on any atom is -0.355 e. The number of hydrogen-bond acceptors (Lipinski definition) is 5. The summed E-state index contributed by atoms with van der Waals surface area (Å²) in [4.78, 5) is 20.3. The van der Waals surface area contributed by atoms with E-state index >= 15 is 0 Å². The molecule has 0 spiro atoms. The molecule has 2 heterocycles. The lowest BCUT2D eigenvalue weighted by Crippen LogP contribution is -2.48. The Hall–Kier alpha value is -1.80. The molecule has 136 valence electrons. The van der Waals surface area contributed by atoms with E-state index in [1.165, 1.54) is 17.4 Å². The first kappa shape index (κ1) is 18.0. The van der Waals surface area contributed by atoms with Gasteiger partial charge in [-0.2, -0.15) is 0 Å². The molecule has 1 aliphatic rings.